The molecule has 2 rings (SSSR count). The third-order valence-corrected chi connectivity index (χ3v) is 3.70. The van der Waals surface area contributed by atoms with Gasteiger partial charge in [0.25, 0.3) is 0 Å². The van der Waals surface area contributed by atoms with Gasteiger partial charge in [-0.2, -0.15) is 0 Å². The van der Waals surface area contributed by atoms with Gasteiger partial charge >= 0.3 is 0 Å². The summed E-state index contributed by atoms with van der Waals surface area (Å²) in [6.07, 6.45) is 8.78. The van der Waals surface area contributed by atoms with Crippen LogP contribution in [0.4, 0.5) is 0 Å². The molecule has 0 unspecified atom stereocenters. The first-order valence-electron chi connectivity index (χ1n) is 7.11. The van der Waals surface area contributed by atoms with Crippen LogP contribution in [0.3, 0.4) is 0 Å². The van der Waals surface area contributed by atoms with Crippen LogP contribution in [0.2, 0.25) is 0 Å². The maximum atomic E-state index is 5.73. The number of hydrogen-bond donors (Lipinski definition) is 1. The highest BCUT2D eigenvalue weighted by Crippen LogP contribution is 2.33. The molecule has 0 fully saturated rings. The molecule has 0 spiro atoms. The summed E-state index contributed by atoms with van der Waals surface area (Å²) in [4.78, 5) is 0. The lowest BCUT2D eigenvalue weighted by molar-refractivity contribution is 0.354. The highest BCUT2D eigenvalue weighted by molar-refractivity contribution is 9.10. The molecule has 19 heavy (non-hydrogen) atoms. The monoisotopic (exact) mass is 323 g/mol. The van der Waals surface area contributed by atoms with Gasteiger partial charge < -0.3 is 10.1 Å². The minimum atomic E-state index is 0.823. The summed E-state index contributed by atoms with van der Waals surface area (Å²) >= 11 is 3.58. The van der Waals surface area contributed by atoms with Crippen molar-refractivity contribution in [1.82, 2.24) is 5.32 Å². The normalized spacial score (nSPS) is 13.8. The number of allylic oxidation sites excluding steroid dienone is 1. The molecule has 104 valence electrons. The van der Waals surface area contributed by atoms with Crippen LogP contribution in [0, 0.1) is 0 Å². The standard InChI is InChI=1S/C16H22BrNO/c1-2-8-18-9-5-3-4-6-13-11-15(17)12-14-7-10-19-16(13)14/h3-4,11-12,18H,2,5-10H2,1H3/b4-3+. The van der Waals surface area contributed by atoms with Gasteiger partial charge in [0, 0.05) is 10.9 Å². The summed E-state index contributed by atoms with van der Waals surface area (Å²) in [7, 11) is 0. The van der Waals surface area contributed by atoms with Crippen LogP contribution in [0.15, 0.2) is 28.8 Å². The molecular formula is C16H22BrNO. The third kappa shape index (κ3) is 4.36. The largest absolute Gasteiger partial charge is 0.493 e. The van der Waals surface area contributed by atoms with E-state index in [1.807, 2.05) is 0 Å². The van der Waals surface area contributed by atoms with Crippen LogP contribution in [0.1, 0.15) is 30.9 Å². The molecular weight excluding hydrogens is 302 g/mol. The Morgan fingerprint density at radius 2 is 2.21 bits per heavy atom. The second-order valence-corrected chi connectivity index (χ2v) is 5.78. The fourth-order valence-corrected chi connectivity index (χ4v) is 2.87. The van der Waals surface area contributed by atoms with Crippen molar-refractivity contribution < 1.29 is 4.74 Å². The van der Waals surface area contributed by atoms with Gasteiger partial charge in [0.2, 0.25) is 0 Å². The Morgan fingerprint density at radius 3 is 3.05 bits per heavy atom. The molecule has 2 nitrogen and oxygen atoms in total. The van der Waals surface area contributed by atoms with Gasteiger partial charge in [0.15, 0.2) is 0 Å². The van der Waals surface area contributed by atoms with E-state index in [1.54, 1.807) is 0 Å². The number of halogens is 1. The molecule has 3 heteroatoms. The minimum Gasteiger partial charge on any atom is -0.493 e. The molecule has 1 aliphatic heterocycles. The predicted molar refractivity (Wildman–Crippen MR) is 84.0 cm³/mol. The van der Waals surface area contributed by atoms with E-state index in [9.17, 15) is 0 Å². The molecule has 0 aliphatic carbocycles. The molecule has 0 amide bonds. The lowest BCUT2D eigenvalue weighted by Crippen LogP contribution is -2.15. The number of nitrogens with one attached hydrogen (secondary N) is 1. The molecule has 1 N–H and O–H groups in total. The fraction of sp³-hybridized carbons (Fsp3) is 0.500. The smallest absolute Gasteiger partial charge is 0.126 e. The van der Waals surface area contributed by atoms with Gasteiger partial charge in [0.1, 0.15) is 5.75 Å². The van der Waals surface area contributed by atoms with E-state index in [4.69, 9.17) is 4.74 Å². The summed E-state index contributed by atoms with van der Waals surface area (Å²) in [5, 5.41) is 3.40. The summed E-state index contributed by atoms with van der Waals surface area (Å²) in [6, 6.07) is 4.34. The van der Waals surface area contributed by atoms with E-state index >= 15 is 0 Å². The number of rotatable bonds is 7. The maximum absolute atomic E-state index is 5.73. The molecule has 0 atom stereocenters. The summed E-state index contributed by atoms with van der Waals surface area (Å²) in [6.45, 7) is 5.19. The van der Waals surface area contributed by atoms with Crippen LogP contribution in [-0.4, -0.2) is 19.7 Å². The van der Waals surface area contributed by atoms with Crippen LogP contribution in [0.5, 0.6) is 5.75 Å². The van der Waals surface area contributed by atoms with Gasteiger partial charge in [-0.05, 0) is 55.6 Å². The minimum absolute atomic E-state index is 0.823. The van der Waals surface area contributed by atoms with Crippen molar-refractivity contribution in [2.24, 2.45) is 0 Å². The lowest BCUT2D eigenvalue weighted by Gasteiger charge is -2.07. The molecule has 0 saturated carbocycles. The van der Waals surface area contributed by atoms with Crippen molar-refractivity contribution in [1.29, 1.82) is 0 Å². The van der Waals surface area contributed by atoms with Crippen molar-refractivity contribution >= 4 is 15.9 Å². The first-order valence-corrected chi connectivity index (χ1v) is 7.90. The van der Waals surface area contributed by atoms with Crippen LogP contribution >= 0.6 is 15.9 Å². The number of hydrogen-bond acceptors (Lipinski definition) is 2. The zero-order valence-electron chi connectivity index (χ0n) is 11.5. The average molecular weight is 324 g/mol. The Morgan fingerprint density at radius 1 is 1.32 bits per heavy atom. The van der Waals surface area contributed by atoms with Crippen LogP contribution in [-0.2, 0) is 12.8 Å². The third-order valence-electron chi connectivity index (χ3n) is 3.24. The summed E-state index contributed by atoms with van der Waals surface area (Å²) in [5.41, 5.74) is 2.63. The Kier molecular flexibility index (Phi) is 5.93. The van der Waals surface area contributed by atoms with E-state index in [0.29, 0.717) is 0 Å². The maximum Gasteiger partial charge on any atom is 0.126 e. The van der Waals surface area contributed by atoms with Gasteiger partial charge in [-0.25, -0.2) is 0 Å². The van der Waals surface area contributed by atoms with E-state index < -0.39 is 0 Å². The molecule has 0 saturated heterocycles. The fourth-order valence-electron chi connectivity index (χ4n) is 2.31. The zero-order valence-corrected chi connectivity index (χ0v) is 13.1. The molecule has 1 aromatic carbocycles. The van der Waals surface area contributed by atoms with E-state index in [2.05, 4.69) is 52.5 Å². The molecule has 1 aliphatic rings. The molecule has 0 radical (unpaired) electrons. The van der Waals surface area contributed by atoms with Crippen molar-refractivity contribution in [2.45, 2.75) is 32.6 Å². The van der Waals surface area contributed by atoms with Gasteiger partial charge in [0.05, 0.1) is 6.61 Å². The molecule has 0 bridgehead atoms. The average Bonchev–Trinajstić information content (AvgIpc) is 2.85. The van der Waals surface area contributed by atoms with Crippen LogP contribution < -0.4 is 10.1 Å². The second kappa shape index (κ2) is 7.71. The van der Waals surface area contributed by atoms with Gasteiger partial charge in [-0.15, -0.1) is 0 Å². The number of ether oxygens (including phenoxy) is 1. The Balaban J connectivity index is 1.84. The SMILES string of the molecule is CCCNCC/C=C/Cc1cc(Br)cc2c1OCC2. The van der Waals surface area contributed by atoms with Crippen molar-refractivity contribution in [3.63, 3.8) is 0 Å². The first-order chi connectivity index (χ1) is 9.31. The number of benzene rings is 1. The Bertz CT molecular complexity index is 443. The van der Waals surface area contributed by atoms with Crippen molar-refractivity contribution in [2.75, 3.05) is 19.7 Å². The topological polar surface area (TPSA) is 21.3 Å². The summed E-state index contributed by atoms with van der Waals surface area (Å²) < 4.78 is 6.88. The Hall–Kier alpha value is -0.800. The zero-order chi connectivity index (χ0) is 13.5. The van der Waals surface area contributed by atoms with Crippen LogP contribution in [0.25, 0.3) is 0 Å². The predicted octanol–water partition coefficient (Wildman–Crippen LogP) is 3.87. The first kappa shape index (κ1) is 14.6. The quantitative estimate of drug-likeness (QED) is 0.607. The van der Waals surface area contributed by atoms with Crippen molar-refractivity contribution in [3.05, 3.63) is 39.9 Å². The molecule has 1 aromatic rings. The van der Waals surface area contributed by atoms with Gasteiger partial charge in [-0.3, -0.25) is 0 Å². The molecule has 1 heterocycles. The Labute approximate surface area is 124 Å². The van der Waals surface area contributed by atoms with E-state index in [0.717, 1.165) is 49.2 Å². The van der Waals surface area contributed by atoms with E-state index in [1.165, 1.54) is 17.5 Å². The van der Waals surface area contributed by atoms with Crippen molar-refractivity contribution in [3.8, 4) is 5.75 Å². The highest BCUT2D eigenvalue weighted by Gasteiger charge is 2.16. The van der Waals surface area contributed by atoms with Gasteiger partial charge in [-0.1, -0.05) is 35.0 Å². The van der Waals surface area contributed by atoms with E-state index in [-0.39, 0.29) is 0 Å². The summed E-state index contributed by atoms with van der Waals surface area (Å²) in [5.74, 6) is 1.11. The highest BCUT2D eigenvalue weighted by atomic mass is 79.9. The second-order valence-electron chi connectivity index (χ2n) is 4.87. The molecule has 0 aromatic heterocycles. The number of fused-ring (bicyclic) bond motifs is 1. The lowest BCUT2D eigenvalue weighted by atomic mass is 10.1.